The Bertz CT molecular complexity index is 517. The van der Waals surface area contributed by atoms with Crippen molar-refractivity contribution < 1.29 is 19.1 Å². The average molecular weight is 295 g/mol. The van der Waals surface area contributed by atoms with Crippen LogP contribution in [0.5, 0.6) is 11.5 Å². The van der Waals surface area contributed by atoms with Crippen molar-refractivity contribution in [1.29, 1.82) is 0 Å². The molecule has 1 rings (SSSR count). The molecular formula is C14H21N3O4. The second kappa shape index (κ2) is 7.98. The second-order valence-electron chi connectivity index (χ2n) is 4.47. The average Bonchev–Trinajstić information content (AvgIpc) is 2.46. The number of primary amides is 1. The highest BCUT2D eigenvalue weighted by molar-refractivity contribution is 6.00. The van der Waals surface area contributed by atoms with Gasteiger partial charge in [-0.15, -0.1) is 0 Å². The summed E-state index contributed by atoms with van der Waals surface area (Å²) in [5.41, 5.74) is 11.5. The van der Waals surface area contributed by atoms with Gasteiger partial charge in [-0.2, -0.15) is 0 Å². The van der Waals surface area contributed by atoms with Gasteiger partial charge in [0.25, 0.3) is 5.91 Å². The quantitative estimate of drug-likeness (QED) is 0.481. The molecule has 0 aliphatic rings. The molecule has 2 amide bonds. The van der Waals surface area contributed by atoms with E-state index in [9.17, 15) is 9.59 Å². The number of hydrogen-bond donors (Lipinski definition) is 3. The number of amides is 2. The number of nitrogen functional groups attached to an aromatic ring is 1. The molecule has 116 valence electrons. The van der Waals surface area contributed by atoms with Crippen LogP contribution in [0.3, 0.4) is 0 Å². The zero-order valence-corrected chi connectivity index (χ0v) is 12.3. The topological polar surface area (TPSA) is 117 Å². The number of methoxy groups -OCH3 is 2. The number of unbranched alkanes of at least 4 members (excludes halogenated alkanes) is 1. The molecule has 0 spiro atoms. The smallest absolute Gasteiger partial charge is 0.253 e. The first-order chi connectivity index (χ1) is 9.99. The summed E-state index contributed by atoms with van der Waals surface area (Å²) in [4.78, 5) is 22.7. The first-order valence-corrected chi connectivity index (χ1v) is 6.57. The Morgan fingerprint density at radius 3 is 2.48 bits per heavy atom. The molecular weight excluding hydrogens is 274 g/mol. The highest BCUT2D eigenvalue weighted by atomic mass is 16.5. The summed E-state index contributed by atoms with van der Waals surface area (Å²) in [6.45, 7) is 0.436. The van der Waals surface area contributed by atoms with E-state index in [0.717, 1.165) is 0 Å². The van der Waals surface area contributed by atoms with Crippen molar-refractivity contribution in [3.05, 3.63) is 17.7 Å². The standard InChI is InChI=1S/C14H21N3O4/c1-20-9-7-10(13(16)11(8-9)21-2)14(19)17-6-4-3-5-12(15)18/h7-8H,3-6,16H2,1-2H3,(H2,15,18)(H,17,19). The van der Waals surface area contributed by atoms with Gasteiger partial charge in [0.15, 0.2) is 0 Å². The zero-order chi connectivity index (χ0) is 15.8. The van der Waals surface area contributed by atoms with Gasteiger partial charge in [0.2, 0.25) is 5.91 Å². The minimum absolute atomic E-state index is 0.257. The van der Waals surface area contributed by atoms with Crippen LogP contribution in [0.1, 0.15) is 29.6 Å². The number of ether oxygens (including phenoxy) is 2. The molecule has 0 saturated heterocycles. The van der Waals surface area contributed by atoms with Crippen LogP contribution < -0.4 is 26.3 Å². The van der Waals surface area contributed by atoms with Crippen LogP contribution in [-0.4, -0.2) is 32.6 Å². The van der Waals surface area contributed by atoms with Crippen LogP contribution in [0.2, 0.25) is 0 Å². The lowest BCUT2D eigenvalue weighted by molar-refractivity contribution is -0.118. The normalized spacial score (nSPS) is 10.0. The number of carbonyl (C=O) groups is 2. The largest absolute Gasteiger partial charge is 0.497 e. The minimum Gasteiger partial charge on any atom is -0.497 e. The van der Waals surface area contributed by atoms with Gasteiger partial charge in [-0.05, 0) is 18.9 Å². The third kappa shape index (κ3) is 4.87. The predicted molar refractivity (Wildman–Crippen MR) is 79.3 cm³/mol. The van der Waals surface area contributed by atoms with Crippen LogP contribution in [-0.2, 0) is 4.79 Å². The Morgan fingerprint density at radius 2 is 1.90 bits per heavy atom. The molecule has 0 aromatic heterocycles. The molecule has 0 unspecified atom stereocenters. The SMILES string of the molecule is COc1cc(OC)c(N)c(C(=O)NCCCCC(N)=O)c1. The van der Waals surface area contributed by atoms with E-state index in [4.69, 9.17) is 20.9 Å². The number of carbonyl (C=O) groups excluding carboxylic acids is 2. The van der Waals surface area contributed by atoms with Crippen molar-refractivity contribution in [2.24, 2.45) is 5.73 Å². The number of anilines is 1. The van der Waals surface area contributed by atoms with Crippen LogP contribution >= 0.6 is 0 Å². The summed E-state index contributed by atoms with van der Waals surface area (Å²) in [6.07, 6.45) is 1.60. The lowest BCUT2D eigenvalue weighted by atomic mass is 10.1. The van der Waals surface area contributed by atoms with Gasteiger partial charge in [-0.25, -0.2) is 0 Å². The zero-order valence-electron chi connectivity index (χ0n) is 12.3. The molecule has 21 heavy (non-hydrogen) atoms. The maximum absolute atomic E-state index is 12.1. The lowest BCUT2D eigenvalue weighted by Gasteiger charge is -2.12. The van der Waals surface area contributed by atoms with Crippen molar-refractivity contribution >= 4 is 17.5 Å². The molecule has 0 fully saturated rings. The fraction of sp³-hybridized carbons (Fsp3) is 0.429. The van der Waals surface area contributed by atoms with E-state index in [1.165, 1.54) is 14.2 Å². The highest BCUT2D eigenvalue weighted by Gasteiger charge is 2.15. The Balaban J connectivity index is 2.67. The maximum Gasteiger partial charge on any atom is 0.253 e. The monoisotopic (exact) mass is 295 g/mol. The summed E-state index contributed by atoms with van der Waals surface area (Å²) in [5.74, 6) is 0.208. The molecule has 1 aromatic carbocycles. The fourth-order valence-electron chi connectivity index (χ4n) is 1.80. The van der Waals surface area contributed by atoms with E-state index < -0.39 is 0 Å². The van der Waals surface area contributed by atoms with Gasteiger partial charge in [0, 0.05) is 19.0 Å². The Labute approximate surface area is 123 Å². The van der Waals surface area contributed by atoms with Crippen LogP contribution in [0.25, 0.3) is 0 Å². The van der Waals surface area contributed by atoms with Crippen molar-refractivity contribution in [2.75, 3.05) is 26.5 Å². The van der Waals surface area contributed by atoms with Gasteiger partial charge in [-0.1, -0.05) is 0 Å². The molecule has 0 heterocycles. The molecule has 7 nitrogen and oxygen atoms in total. The number of nitrogens with one attached hydrogen (secondary N) is 1. The van der Waals surface area contributed by atoms with Crippen LogP contribution in [0.15, 0.2) is 12.1 Å². The summed E-state index contributed by atoms with van der Waals surface area (Å²) in [7, 11) is 2.97. The first-order valence-electron chi connectivity index (χ1n) is 6.57. The predicted octanol–water partition coefficient (Wildman–Crippen LogP) is 0.671. The van der Waals surface area contributed by atoms with E-state index >= 15 is 0 Å². The molecule has 7 heteroatoms. The molecule has 0 aliphatic carbocycles. The Kier molecular flexibility index (Phi) is 6.32. The molecule has 5 N–H and O–H groups in total. The van der Waals surface area contributed by atoms with Gasteiger partial charge in [-0.3, -0.25) is 9.59 Å². The van der Waals surface area contributed by atoms with E-state index in [1.807, 2.05) is 0 Å². The maximum atomic E-state index is 12.1. The van der Waals surface area contributed by atoms with Gasteiger partial charge < -0.3 is 26.3 Å². The van der Waals surface area contributed by atoms with E-state index in [0.29, 0.717) is 42.9 Å². The molecule has 0 saturated carbocycles. The Morgan fingerprint density at radius 1 is 1.19 bits per heavy atom. The summed E-state index contributed by atoms with van der Waals surface area (Å²) in [6, 6.07) is 3.16. The van der Waals surface area contributed by atoms with Gasteiger partial charge in [0.1, 0.15) is 11.5 Å². The van der Waals surface area contributed by atoms with Crippen LogP contribution in [0, 0.1) is 0 Å². The van der Waals surface area contributed by atoms with Crippen molar-refractivity contribution in [2.45, 2.75) is 19.3 Å². The minimum atomic E-state index is -0.344. The third-order valence-electron chi connectivity index (χ3n) is 2.95. The van der Waals surface area contributed by atoms with Crippen LogP contribution in [0.4, 0.5) is 5.69 Å². The van der Waals surface area contributed by atoms with Gasteiger partial charge >= 0.3 is 0 Å². The first kappa shape index (κ1) is 16.6. The van der Waals surface area contributed by atoms with Crippen molar-refractivity contribution in [1.82, 2.24) is 5.32 Å². The number of nitrogens with two attached hydrogens (primary N) is 2. The summed E-state index contributed by atoms with van der Waals surface area (Å²) in [5, 5.41) is 2.73. The Hall–Kier alpha value is -2.44. The molecule has 0 aliphatic heterocycles. The fourth-order valence-corrected chi connectivity index (χ4v) is 1.80. The second-order valence-corrected chi connectivity index (χ2v) is 4.47. The van der Waals surface area contributed by atoms with E-state index in [1.54, 1.807) is 12.1 Å². The number of rotatable bonds is 8. The summed E-state index contributed by atoms with van der Waals surface area (Å²) < 4.78 is 10.2. The molecule has 0 atom stereocenters. The van der Waals surface area contributed by atoms with E-state index in [2.05, 4.69) is 5.32 Å². The van der Waals surface area contributed by atoms with Crippen molar-refractivity contribution in [3.8, 4) is 11.5 Å². The highest BCUT2D eigenvalue weighted by Crippen LogP contribution is 2.30. The van der Waals surface area contributed by atoms with Gasteiger partial charge in [0.05, 0.1) is 25.5 Å². The molecule has 1 aromatic rings. The molecule has 0 bridgehead atoms. The summed E-state index contributed by atoms with van der Waals surface area (Å²) >= 11 is 0. The number of hydrogen-bond acceptors (Lipinski definition) is 5. The van der Waals surface area contributed by atoms with Crippen molar-refractivity contribution in [3.63, 3.8) is 0 Å². The molecule has 0 radical (unpaired) electrons. The number of benzene rings is 1. The third-order valence-corrected chi connectivity index (χ3v) is 2.95. The van der Waals surface area contributed by atoms with E-state index in [-0.39, 0.29) is 17.5 Å². The lowest BCUT2D eigenvalue weighted by Crippen LogP contribution is -2.25.